The molecule has 98 valence electrons. The first-order valence-electron chi connectivity index (χ1n) is 6.47. The molecule has 0 atom stereocenters. The van der Waals surface area contributed by atoms with Gasteiger partial charge < -0.3 is 4.98 Å². The highest BCUT2D eigenvalue weighted by Crippen LogP contribution is 2.32. The third-order valence-electron chi connectivity index (χ3n) is 3.88. The number of para-hydroxylation sites is 1. The van der Waals surface area contributed by atoms with Gasteiger partial charge in [0.2, 0.25) is 0 Å². The molecule has 0 radical (unpaired) electrons. The Kier molecular flexibility index (Phi) is 2.81. The standard InChI is InChI=1S/C14H14N2O3/c17-14(9-4-1-2-5-9)11-8-15-13-10(11)6-3-7-12(13)16(18)19/h3,6-9,15H,1-2,4-5H2. The molecule has 0 amide bonds. The predicted molar refractivity (Wildman–Crippen MR) is 71.2 cm³/mol. The minimum absolute atomic E-state index is 0.0166. The molecule has 0 spiro atoms. The number of nitro groups is 1. The van der Waals surface area contributed by atoms with Crippen molar-refractivity contribution in [2.75, 3.05) is 0 Å². The molecule has 5 heteroatoms. The summed E-state index contributed by atoms with van der Waals surface area (Å²) in [5.74, 6) is 0.197. The number of aromatic nitrogens is 1. The van der Waals surface area contributed by atoms with Gasteiger partial charge in [-0.15, -0.1) is 0 Å². The maximum atomic E-state index is 12.4. The molecule has 0 aliphatic heterocycles. The fourth-order valence-electron chi connectivity index (χ4n) is 2.90. The van der Waals surface area contributed by atoms with Crippen molar-refractivity contribution in [2.45, 2.75) is 25.7 Å². The zero-order valence-electron chi connectivity index (χ0n) is 10.4. The van der Waals surface area contributed by atoms with Crippen LogP contribution in [-0.2, 0) is 0 Å². The second-order valence-corrected chi connectivity index (χ2v) is 5.00. The Labute approximate surface area is 109 Å². The van der Waals surface area contributed by atoms with Crippen molar-refractivity contribution in [2.24, 2.45) is 5.92 Å². The maximum absolute atomic E-state index is 12.4. The van der Waals surface area contributed by atoms with Gasteiger partial charge in [-0.25, -0.2) is 0 Å². The summed E-state index contributed by atoms with van der Waals surface area (Å²) in [6.45, 7) is 0. The first kappa shape index (κ1) is 11.9. The lowest BCUT2D eigenvalue weighted by Gasteiger charge is -2.06. The van der Waals surface area contributed by atoms with Gasteiger partial charge in [-0.1, -0.05) is 25.0 Å². The quantitative estimate of drug-likeness (QED) is 0.520. The minimum atomic E-state index is -0.428. The number of fused-ring (bicyclic) bond motifs is 1. The van der Waals surface area contributed by atoms with E-state index in [-0.39, 0.29) is 17.4 Å². The van der Waals surface area contributed by atoms with Crippen molar-refractivity contribution in [1.82, 2.24) is 4.98 Å². The van der Waals surface area contributed by atoms with Crippen molar-refractivity contribution in [3.05, 3.63) is 40.1 Å². The Morgan fingerprint density at radius 3 is 2.74 bits per heavy atom. The summed E-state index contributed by atoms with van der Waals surface area (Å²) >= 11 is 0. The SMILES string of the molecule is O=C(c1c[nH]c2c([N+](=O)[O-])cccc12)C1CCCC1. The fraction of sp³-hybridized carbons (Fsp3) is 0.357. The zero-order valence-corrected chi connectivity index (χ0v) is 10.4. The van der Waals surface area contributed by atoms with E-state index in [0.29, 0.717) is 16.5 Å². The monoisotopic (exact) mass is 258 g/mol. The van der Waals surface area contributed by atoms with Gasteiger partial charge in [-0.3, -0.25) is 14.9 Å². The highest BCUT2D eigenvalue weighted by atomic mass is 16.6. The number of nitrogens with one attached hydrogen (secondary N) is 1. The number of carbonyl (C=O) groups excluding carboxylic acids is 1. The Bertz CT molecular complexity index is 654. The summed E-state index contributed by atoms with van der Waals surface area (Å²) in [7, 11) is 0. The van der Waals surface area contributed by atoms with Crippen LogP contribution in [0.1, 0.15) is 36.0 Å². The van der Waals surface area contributed by atoms with Gasteiger partial charge in [0.05, 0.1) is 4.92 Å². The number of non-ortho nitro benzene ring substituents is 1. The molecule has 0 bridgehead atoms. The number of nitro benzene ring substituents is 1. The van der Waals surface area contributed by atoms with Crippen molar-refractivity contribution < 1.29 is 9.72 Å². The van der Waals surface area contributed by atoms with E-state index in [9.17, 15) is 14.9 Å². The molecule has 1 aliphatic carbocycles. The van der Waals surface area contributed by atoms with E-state index in [2.05, 4.69) is 4.98 Å². The number of hydrogen-bond acceptors (Lipinski definition) is 3. The van der Waals surface area contributed by atoms with Gasteiger partial charge >= 0.3 is 0 Å². The Morgan fingerprint density at radius 1 is 1.32 bits per heavy atom. The Balaban J connectivity index is 2.08. The summed E-state index contributed by atoms with van der Waals surface area (Å²) in [4.78, 5) is 25.8. The van der Waals surface area contributed by atoms with Crippen LogP contribution in [0.15, 0.2) is 24.4 Å². The second kappa shape index (κ2) is 4.50. The van der Waals surface area contributed by atoms with Gasteiger partial charge in [-0.05, 0) is 12.8 Å². The van der Waals surface area contributed by atoms with Crippen LogP contribution in [0.3, 0.4) is 0 Å². The van der Waals surface area contributed by atoms with Crippen LogP contribution in [0, 0.1) is 16.0 Å². The van der Waals surface area contributed by atoms with E-state index in [1.165, 1.54) is 6.07 Å². The molecular formula is C14H14N2O3. The average molecular weight is 258 g/mol. The Morgan fingerprint density at radius 2 is 2.05 bits per heavy atom. The van der Waals surface area contributed by atoms with E-state index in [0.717, 1.165) is 25.7 Å². The van der Waals surface area contributed by atoms with Crippen LogP contribution in [0.4, 0.5) is 5.69 Å². The van der Waals surface area contributed by atoms with Crippen molar-refractivity contribution >= 4 is 22.4 Å². The van der Waals surface area contributed by atoms with Crippen molar-refractivity contribution in [3.8, 4) is 0 Å². The van der Waals surface area contributed by atoms with Crippen LogP contribution in [0.25, 0.3) is 10.9 Å². The molecule has 1 aliphatic rings. The topological polar surface area (TPSA) is 76.0 Å². The number of hydrogen-bond donors (Lipinski definition) is 1. The predicted octanol–water partition coefficient (Wildman–Crippen LogP) is 3.45. The van der Waals surface area contributed by atoms with Crippen LogP contribution < -0.4 is 0 Å². The molecule has 5 nitrogen and oxygen atoms in total. The fourth-order valence-corrected chi connectivity index (χ4v) is 2.90. The van der Waals surface area contributed by atoms with E-state index in [4.69, 9.17) is 0 Å². The normalized spacial score (nSPS) is 16.0. The molecule has 19 heavy (non-hydrogen) atoms. The molecule has 0 unspecified atom stereocenters. The first-order valence-corrected chi connectivity index (χ1v) is 6.47. The molecule has 1 N–H and O–H groups in total. The molecule has 1 saturated carbocycles. The summed E-state index contributed by atoms with van der Waals surface area (Å²) in [6.07, 6.45) is 5.66. The molecule has 1 aromatic carbocycles. The van der Waals surface area contributed by atoms with Crippen molar-refractivity contribution in [3.63, 3.8) is 0 Å². The molecule has 1 heterocycles. The van der Waals surface area contributed by atoms with Crippen LogP contribution in [-0.4, -0.2) is 15.7 Å². The largest absolute Gasteiger partial charge is 0.355 e. The maximum Gasteiger partial charge on any atom is 0.293 e. The van der Waals surface area contributed by atoms with Gasteiger partial charge in [0.1, 0.15) is 5.52 Å². The number of aromatic amines is 1. The van der Waals surface area contributed by atoms with Gasteiger partial charge in [0.15, 0.2) is 5.78 Å². The molecule has 2 aromatic rings. The van der Waals surface area contributed by atoms with E-state index in [1.807, 2.05) is 0 Å². The summed E-state index contributed by atoms with van der Waals surface area (Å²) < 4.78 is 0. The van der Waals surface area contributed by atoms with E-state index < -0.39 is 4.92 Å². The Hall–Kier alpha value is -2.17. The highest BCUT2D eigenvalue weighted by Gasteiger charge is 2.27. The lowest BCUT2D eigenvalue weighted by Crippen LogP contribution is -2.10. The second-order valence-electron chi connectivity index (χ2n) is 5.00. The highest BCUT2D eigenvalue weighted by molar-refractivity contribution is 6.10. The average Bonchev–Trinajstić information content (AvgIpc) is 3.06. The molecule has 1 aromatic heterocycles. The number of Topliss-reactive ketones (excluding diaryl/α,β-unsaturated/α-hetero) is 1. The summed E-state index contributed by atoms with van der Waals surface area (Å²) in [5.41, 5.74) is 1.04. The number of rotatable bonds is 3. The smallest absolute Gasteiger partial charge is 0.293 e. The van der Waals surface area contributed by atoms with Gasteiger partial charge in [0, 0.05) is 29.1 Å². The van der Waals surface area contributed by atoms with Crippen LogP contribution in [0.5, 0.6) is 0 Å². The molecule has 1 fully saturated rings. The number of benzene rings is 1. The number of nitrogens with zero attached hydrogens (tertiary/aromatic N) is 1. The van der Waals surface area contributed by atoms with Crippen LogP contribution in [0.2, 0.25) is 0 Å². The third-order valence-corrected chi connectivity index (χ3v) is 3.88. The van der Waals surface area contributed by atoms with Gasteiger partial charge in [-0.2, -0.15) is 0 Å². The molecule has 0 saturated heterocycles. The van der Waals surface area contributed by atoms with Crippen LogP contribution >= 0.6 is 0 Å². The van der Waals surface area contributed by atoms with Crippen molar-refractivity contribution in [1.29, 1.82) is 0 Å². The number of carbonyl (C=O) groups is 1. The van der Waals surface area contributed by atoms with E-state index in [1.54, 1.807) is 18.3 Å². The van der Waals surface area contributed by atoms with E-state index >= 15 is 0 Å². The molecular weight excluding hydrogens is 244 g/mol. The lowest BCUT2D eigenvalue weighted by molar-refractivity contribution is -0.383. The summed E-state index contributed by atoms with van der Waals surface area (Å²) in [6, 6.07) is 4.84. The number of H-pyrrole nitrogens is 1. The van der Waals surface area contributed by atoms with Gasteiger partial charge in [0.25, 0.3) is 5.69 Å². The minimum Gasteiger partial charge on any atom is -0.355 e. The zero-order chi connectivity index (χ0) is 13.4. The lowest BCUT2D eigenvalue weighted by atomic mass is 9.96. The number of ketones is 1. The molecule has 3 rings (SSSR count). The third kappa shape index (κ3) is 1.91. The summed E-state index contributed by atoms with van der Waals surface area (Å²) in [5, 5.41) is 11.6. The first-order chi connectivity index (χ1) is 9.18.